The predicted molar refractivity (Wildman–Crippen MR) is 70.0 cm³/mol. The molecular weight excluding hydrogens is 216 g/mol. The molecule has 0 saturated heterocycles. The SMILES string of the molecule is C[C@@H](Cc1ccccc1)c1ccc(Cl)cc1. The van der Waals surface area contributed by atoms with Gasteiger partial charge in [0.05, 0.1) is 0 Å². The molecule has 0 amide bonds. The summed E-state index contributed by atoms with van der Waals surface area (Å²) in [4.78, 5) is 0. The molecule has 0 nitrogen and oxygen atoms in total. The molecule has 1 atom stereocenters. The molecule has 2 rings (SSSR count). The van der Waals surface area contributed by atoms with Crippen molar-refractivity contribution in [3.63, 3.8) is 0 Å². The Morgan fingerprint density at radius 2 is 1.56 bits per heavy atom. The molecule has 0 spiro atoms. The van der Waals surface area contributed by atoms with Crippen LogP contribution in [-0.2, 0) is 6.42 Å². The van der Waals surface area contributed by atoms with E-state index in [0.717, 1.165) is 11.4 Å². The van der Waals surface area contributed by atoms with E-state index in [0.29, 0.717) is 5.92 Å². The maximum atomic E-state index is 5.88. The first kappa shape index (κ1) is 11.2. The second kappa shape index (κ2) is 5.18. The molecule has 2 aromatic rings. The maximum absolute atomic E-state index is 5.88. The van der Waals surface area contributed by atoms with Gasteiger partial charge < -0.3 is 0 Å². The van der Waals surface area contributed by atoms with Crippen LogP contribution >= 0.6 is 11.6 Å². The summed E-state index contributed by atoms with van der Waals surface area (Å²) >= 11 is 5.88. The smallest absolute Gasteiger partial charge is 0.0406 e. The summed E-state index contributed by atoms with van der Waals surface area (Å²) in [5.41, 5.74) is 2.72. The van der Waals surface area contributed by atoms with Gasteiger partial charge in [0, 0.05) is 5.02 Å². The van der Waals surface area contributed by atoms with Crippen molar-refractivity contribution in [3.8, 4) is 0 Å². The Labute approximate surface area is 102 Å². The van der Waals surface area contributed by atoms with E-state index in [2.05, 4.69) is 49.4 Å². The van der Waals surface area contributed by atoms with Gasteiger partial charge in [0.15, 0.2) is 0 Å². The van der Waals surface area contributed by atoms with Gasteiger partial charge in [0.2, 0.25) is 0 Å². The third-order valence-electron chi connectivity index (χ3n) is 2.82. The van der Waals surface area contributed by atoms with Crippen LogP contribution in [0.2, 0.25) is 5.02 Å². The molecular formula is C15H15Cl. The molecule has 2 aromatic carbocycles. The van der Waals surface area contributed by atoms with E-state index in [1.54, 1.807) is 0 Å². The molecule has 16 heavy (non-hydrogen) atoms. The molecule has 0 aliphatic carbocycles. The topological polar surface area (TPSA) is 0 Å². The highest BCUT2D eigenvalue weighted by Gasteiger charge is 2.05. The largest absolute Gasteiger partial charge is 0.0843 e. The Morgan fingerprint density at radius 3 is 2.19 bits per heavy atom. The summed E-state index contributed by atoms with van der Waals surface area (Å²) < 4.78 is 0. The Hall–Kier alpha value is -1.27. The first-order valence-electron chi connectivity index (χ1n) is 5.55. The van der Waals surface area contributed by atoms with E-state index in [9.17, 15) is 0 Å². The van der Waals surface area contributed by atoms with Gasteiger partial charge in [-0.1, -0.05) is 61.0 Å². The van der Waals surface area contributed by atoms with Gasteiger partial charge in [-0.15, -0.1) is 0 Å². The van der Waals surface area contributed by atoms with Crippen molar-refractivity contribution in [1.82, 2.24) is 0 Å². The minimum atomic E-state index is 0.527. The van der Waals surface area contributed by atoms with Crippen LogP contribution < -0.4 is 0 Å². The van der Waals surface area contributed by atoms with Crippen molar-refractivity contribution in [3.05, 3.63) is 70.7 Å². The second-order valence-corrected chi connectivity index (χ2v) is 4.58. The van der Waals surface area contributed by atoms with Crippen LogP contribution in [0, 0.1) is 0 Å². The normalized spacial score (nSPS) is 12.4. The average Bonchev–Trinajstić information content (AvgIpc) is 2.31. The van der Waals surface area contributed by atoms with Gasteiger partial charge in [-0.3, -0.25) is 0 Å². The number of hydrogen-bond donors (Lipinski definition) is 0. The first-order chi connectivity index (χ1) is 7.75. The first-order valence-corrected chi connectivity index (χ1v) is 5.93. The second-order valence-electron chi connectivity index (χ2n) is 4.14. The number of hydrogen-bond acceptors (Lipinski definition) is 0. The van der Waals surface area contributed by atoms with E-state index in [-0.39, 0.29) is 0 Å². The quantitative estimate of drug-likeness (QED) is 0.718. The van der Waals surface area contributed by atoms with Crippen LogP contribution in [-0.4, -0.2) is 0 Å². The van der Waals surface area contributed by atoms with Gasteiger partial charge >= 0.3 is 0 Å². The van der Waals surface area contributed by atoms with Gasteiger partial charge in [-0.25, -0.2) is 0 Å². The summed E-state index contributed by atoms with van der Waals surface area (Å²) in [6.07, 6.45) is 1.07. The number of halogens is 1. The fraction of sp³-hybridized carbons (Fsp3) is 0.200. The fourth-order valence-electron chi connectivity index (χ4n) is 1.88. The molecule has 0 saturated carbocycles. The lowest BCUT2D eigenvalue weighted by Crippen LogP contribution is -1.97. The monoisotopic (exact) mass is 230 g/mol. The summed E-state index contributed by atoms with van der Waals surface area (Å²) in [5, 5.41) is 0.802. The highest BCUT2D eigenvalue weighted by Crippen LogP contribution is 2.21. The molecule has 0 N–H and O–H groups in total. The Balaban J connectivity index is 2.09. The van der Waals surface area contributed by atoms with Gasteiger partial charge in [-0.05, 0) is 35.6 Å². The van der Waals surface area contributed by atoms with E-state index in [1.807, 2.05) is 12.1 Å². The van der Waals surface area contributed by atoms with Crippen LogP contribution in [0.15, 0.2) is 54.6 Å². The minimum Gasteiger partial charge on any atom is -0.0843 e. The zero-order valence-electron chi connectivity index (χ0n) is 9.36. The highest BCUT2D eigenvalue weighted by atomic mass is 35.5. The lowest BCUT2D eigenvalue weighted by atomic mass is 9.94. The molecule has 0 fully saturated rings. The molecule has 1 heteroatoms. The van der Waals surface area contributed by atoms with Gasteiger partial charge in [-0.2, -0.15) is 0 Å². The molecule has 0 unspecified atom stereocenters. The summed E-state index contributed by atoms with van der Waals surface area (Å²) in [6.45, 7) is 2.25. The van der Waals surface area contributed by atoms with Crippen LogP contribution in [0.25, 0.3) is 0 Å². The molecule has 0 heterocycles. The molecule has 0 bridgehead atoms. The lowest BCUT2D eigenvalue weighted by molar-refractivity contribution is 0.759. The van der Waals surface area contributed by atoms with E-state index >= 15 is 0 Å². The molecule has 0 aliphatic heterocycles. The molecule has 82 valence electrons. The van der Waals surface area contributed by atoms with E-state index in [4.69, 9.17) is 11.6 Å². The van der Waals surface area contributed by atoms with Gasteiger partial charge in [0.25, 0.3) is 0 Å². The highest BCUT2D eigenvalue weighted by molar-refractivity contribution is 6.30. The zero-order chi connectivity index (χ0) is 11.4. The van der Waals surface area contributed by atoms with E-state index < -0.39 is 0 Å². The molecule has 0 radical (unpaired) electrons. The van der Waals surface area contributed by atoms with Crippen molar-refractivity contribution in [1.29, 1.82) is 0 Å². The standard InChI is InChI=1S/C15H15Cl/c1-12(11-13-5-3-2-4-6-13)14-7-9-15(16)10-8-14/h2-10,12H,11H2,1H3/t12-/m0/s1. The van der Waals surface area contributed by atoms with E-state index in [1.165, 1.54) is 11.1 Å². The minimum absolute atomic E-state index is 0.527. The third-order valence-corrected chi connectivity index (χ3v) is 3.08. The zero-order valence-corrected chi connectivity index (χ0v) is 10.1. The van der Waals surface area contributed by atoms with Crippen molar-refractivity contribution in [2.24, 2.45) is 0 Å². The van der Waals surface area contributed by atoms with Crippen LogP contribution in [0.1, 0.15) is 24.0 Å². The van der Waals surface area contributed by atoms with Crippen LogP contribution in [0.5, 0.6) is 0 Å². The molecule has 0 aromatic heterocycles. The fourth-order valence-corrected chi connectivity index (χ4v) is 2.00. The average molecular weight is 231 g/mol. The Morgan fingerprint density at radius 1 is 0.938 bits per heavy atom. The van der Waals surface area contributed by atoms with Gasteiger partial charge in [0.1, 0.15) is 0 Å². The maximum Gasteiger partial charge on any atom is 0.0406 e. The lowest BCUT2D eigenvalue weighted by Gasteiger charge is -2.11. The van der Waals surface area contributed by atoms with Crippen LogP contribution in [0.4, 0.5) is 0 Å². The Kier molecular flexibility index (Phi) is 3.63. The predicted octanol–water partition coefficient (Wildman–Crippen LogP) is 4.69. The Bertz CT molecular complexity index is 431. The summed E-state index contributed by atoms with van der Waals surface area (Å²) in [5.74, 6) is 0.527. The van der Waals surface area contributed by atoms with Crippen molar-refractivity contribution >= 4 is 11.6 Å². The number of rotatable bonds is 3. The van der Waals surface area contributed by atoms with Crippen LogP contribution in [0.3, 0.4) is 0 Å². The molecule has 0 aliphatic rings. The third kappa shape index (κ3) is 2.86. The summed E-state index contributed by atoms with van der Waals surface area (Å²) in [6, 6.07) is 18.7. The van der Waals surface area contributed by atoms with Crippen molar-refractivity contribution in [2.45, 2.75) is 19.3 Å². The van der Waals surface area contributed by atoms with Crippen molar-refractivity contribution in [2.75, 3.05) is 0 Å². The number of benzene rings is 2. The van der Waals surface area contributed by atoms with Crippen molar-refractivity contribution < 1.29 is 0 Å². The summed E-state index contributed by atoms with van der Waals surface area (Å²) in [7, 11) is 0.